The average molecular weight is 243 g/mol. The summed E-state index contributed by atoms with van der Waals surface area (Å²) in [4.78, 5) is 19.9. The Morgan fingerprint density at radius 2 is 2.29 bits per heavy atom. The monoisotopic (exact) mass is 243 g/mol. The van der Waals surface area contributed by atoms with Crippen LogP contribution in [-0.2, 0) is 4.79 Å². The predicted octanol–water partition coefficient (Wildman–Crippen LogP) is 1.98. The summed E-state index contributed by atoms with van der Waals surface area (Å²) < 4.78 is 18.3. The molecule has 1 aromatic rings. The summed E-state index contributed by atoms with van der Waals surface area (Å²) in [6.07, 6.45) is -0.883. The van der Waals surface area contributed by atoms with Gasteiger partial charge in [-0.3, -0.25) is 14.9 Å². The van der Waals surface area contributed by atoms with Crippen molar-refractivity contribution in [3.63, 3.8) is 0 Å². The molecule has 6 nitrogen and oxygen atoms in total. The smallest absolute Gasteiger partial charge is 0.307 e. The van der Waals surface area contributed by atoms with Gasteiger partial charge in [0.1, 0.15) is 11.9 Å². The Bertz CT molecular complexity index is 448. The summed E-state index contributed by atoms with van der Waals surface area (Å²) in [7, 11) is 0. The van der Waals surface area contributed by atoms with E-state index in [4.69, 9.17) is 9.84 Å². The molecule has 0 saturated heterocycles. The van der Waals surface area contributed by atoms with E-state index in [0.717, 1.165) is 12.1 Å². The van der Waals surface area contributed by atoms with Crippen molar-refractivity contribution in [2.75, 3.05) is 0 Å². The van der Waals surface area contributed by atoms with E-state index in [9.17, 15) is 19.3 Å². The Morgan fingerprint density at radius 1 is 1.65 bits per heavy atom. The number of hydrogen-bond donors (Lipinski definition) is 1. The molecule has 1 aromatic carbocycles. The number of aliphatic carboxylic acids is 1. The van der Waals surface area contributed by atoms with Gasteiger partial charge in [-0.15, -0.1) is 0 Å². The number of carbonyl (C=O) groups is 1. The molecule has 1 rings (SSSR count). The molecule has 17 heavy (non-hydrogen) atoms. The molecule has 1 N–H and O–H groups in total. The van der Waals surface area contributed by atoms with Crippen molar-refractivity contribution in [3.8, 4) is 5.75 Å². The maximum Gasteiger partial charge on any atom is 0.307 e. The van der Waals surface area contributed by atoms with Gasteiger partial charge in [-0.05, 0) is 13.0 Å². The second-order valence-electron chi connectivity index (χ2n) is 3.40. The van der Waals surface area contributed by atoms with Crippen LogP contribution in [-0.4, -0.2) is 22.1 Å². The van der Waals surface area contributed by atoms with Crippen LogP contribution in [0, 0.1) is 15.9 Å². The van der Waals surface area contributed by atoms with Crippen molar-refractivity contribution in [1.29, 1.82) is 0 Å². The lowest BCUT2D eigenvalue weighted by atomic mass is 10.2. The number of rotatable bonds is 5. The van der Waals surface area contributed by atoms with Gasteiger partial charge < -0.3 is 9.84 Å². The van der Waals surface area contributed by atoms with Gasteiger partial charge in [0, 0.05) is 12.1 Å². The minimum absolute atomic E-state index is 0.0573. The van der Waals surface area contributed by atoms with Crippen LogP contribution in [0.3, 0.4) is 0 Å². The molecular weight excluding hydrogens is 233 g/mol. The minimum Gasteiger partial charge on any atom is -0.490 e. The van der Waals surface area contributed by atoms with Crippen LogP contribution in [0.15, 0.2) is 18.2 Å². The van der Waals surface area contributed by atoms with Gasteiger partial charge >= 0.3 is 11.7 Å². The lowest BCUT2D eigenvalue weighted by molar-refractivity contribution is -0.387. The van der Waals surface area contributed by atoms with Crippen LogP contribution in [0.5, 0.6) is 5.75 Å². The number of ether oxygens (including phenoxy) is 1. The van der Waals surface area contributed by atoms with E-state index >= 15 is 0 Å². The van der Waals surface area contributed by atoms with Gasteiger partial charge in [0.25, 0.3) is 0 Å². The standard InChI is InChI=1S/C10H10FNO5/c1-6(4-10(13)14)17-7-2-3-9(12(15)16)8(11)5-7/h2-3,5-6H,4H2,1H3,(H,13,14). The summed E-state index contributed by atoms with van der Waals surface area (Å²) in [5.41, 5.74) is -0.650. The Labute approximate surface area is 95.8 Å². The van der Waals surface area contributed by atoms with Gasteiger partial charge in [0.05, 0.1) is 11.3 Å². The number of nitro groups is 1. The predicted molar refractivity (Wildman–Crippen MR) is 55.4 cm³/mol. The summed E-state index contributed by atoms with van der Waals surface area (Å²) in [6, 6.07) is 3.05. The number of halogens is 1. The van der Waals surface area contributed by atoms with Gasteiger partial charge in [0.2, 0.25) is 5.82 Å². The Morgan fingerprint density at radius 3 is 2.76 bits per heavy atom. The zero-order chi connectivity index (χ0) is 13.0. The highest BCUT2D eigenvalue weighted by atomic mass is 19.1. The van der Waals surface area contributed by atoms with E-state index in [-0.39, 0.29) is 12.2 Å². The normalized spacial score (nSPS) is 11.9. The van der Waals surface area contributed by atoms with E-state index in [1.54, 1.807) is 0 Å². The molecule has 0 spiro atoms. The quantitative estimate of drug-likeness (QED) is 0.630. The first-order valence-electron chi connectivity index (χ1n) is 4.72. The van der Waals surface area contributed by atoms with E-state index in [2.05, 4.69) is 0 Å². The number of nitro benzene ring substituents is 1. The molecule has 0 saturated carbocycles. The van der Waals surface area contributed by atoms with Crippen molar-refractivity contribution in [1.82, 2.24) is 0 Å². The van der Waals surface area contributed by atoms with Crippen molar-refractivity contribution in [3.05, 3.63) is 34.1 Å². The molecule has 0 aromatic heterocycles. The highest BCUT2D eigenvalue weighted by Crippen LogP contribution is 2.23. The minimum atomic E-state index is -1.04. The third-order valence-electron chi connectivity index (χ3n) is 1.92. The second-order valence-corrected chi connectivity index (χ2v) is 3.40. The van der Waals surface area contributed by atoms with Crippen LogP contribution in [0.2, 0.25) is 0 Å². The first-order chi connectivity index (χ1) is 7.90. The van der Waals surface area contributed by atoms with Crippen molar-refractivity contribution >= 4 is 11.7 Å². The molecule has 92 valence electrons. The topological polar surface area (TPSA) is 89.7 Å². The SMILES string of the molecule is CC(CC(=O)O)Oc1ccc([N+](=O)[O-])c(F)c1. The summed E-state index contributed by atoms with van der Waals surface area (Å²) in [6.45, 7) is 1.51. The molecule has 0 amide bonds. The van der Waals surface area contributed by atoms with E-state index in [1.165, 1.54) is 13.0 Å². The molecule has 0 bridgehead atoms. The molecular formula is C10H10FNO5. The molecule has 0 aliphatic heterocycles. The number of carboxylic acid groups (broad SMARTS) is 1. The fraction of sp³-hybridized carbons (Fsp3) is 0.300. The third-order valence-corrected chi connectivity index (χ3v) is 1.92. The number of hydrogen-bond acceptors (Lipinski definition) is 4. The molecule has 1 atom stereocenters. The van der Waals surface area contributed by atoms with Crippen molar-refractivity contribution in [2.45, 2.75) is 19.4 Å². The number of carboxylic acids is 1. The van der Waals surface area contributed by atoms with Gasteiger partial charge in [0.15, 0.2) is 0 Å². The van der Waals surface area contributed by atoms with Gasteiger partial charge in [-0.2, -0.15) is 4.39 Å². The van der Waals surface area contributed by atoms with Crippen LogP contribution in [0.1, 0.15) is 13.3 Å². The molecule has 0 fully saturated rings. The molecule has 7 heteroatoms. The Kier molecular flexibility index (Phi) is 3.97. The fourth-order valence-electron chi connectivity index (χ4n) is 1.23. The van der Waals surface area contributed by atoms with Crippen LogP contribution in [0.4, 0.5) is 10.1 Å². The summed E-state index contributed by atoms with van der Waals surface area (Å²) >= 11 is 0. The van der Waals surface area contributed by atoms with Crippen molar-refractivity contribution in [2.24, 2.45) is 0 Å². The fourth-order valence-corrected chi connectivity index (χ4v) is 1.23. The average Bonchev–Trinajstić information content (AvgIpc) is 2.15. The number of benzene rings is 1. The van der Waals surface area contributed by atoms with Crippen molar-refractivity contribution < 1.29 is 24.0 Å². The molecule has 0 radical (unpaired) electrons. The lowest BCUT2D eigenvalue weighted by Crippen LogP contribution is -2.16. The first-order valence-corrected chi connectivity index (χ1v) is 4.72. The molecule has 0 aliphatic rings. The Balaban J connectivity index is 2.77. The van der Waals surface area contributed by atoms with Gasteiger partial charge in [-0.25, -0.2) is 0 Å². The Hall–Kier alpha value is -2.18. The number of nitrogens with zero attached hydrogens (tertiary/aromatic N) is 1. The van der Waals surface area contributed by atoms with E-state index < -0.39 is 28.5 Å². The summed E-state index contributed by atoms with van der Waals surface area (Å²) in [5.74, 6) is -2.00. The maximum absolute atomic E-state index is 13.2. The van der Waals surface area contributed by atoms with Crippen LogP contribution < -0.4 is 4.74 Å². The maximum atomic E-state index is 13.2. The second kappa shape index (κ2) is 5.24. The van der Waals surface area contributed by atoms with Crippen LogP contribution in [0.25, 0.3) is 0 Å². The summed E-state index contributed by atoms with van der Waals surface area (Å²) in [5, 5.41) is 18.8. The third kappa shape index (κ3) is 3.71. The van der Waals surface area contributed by atoms with E-state index in [0.29, 0.717) is 0 Å². The van der Waals surface area contributed by atoms with Crippen LogP contribution >= 0.6 is 0 Å². The highest BCUT2D eigenvalue weighted by Gasteiger charge is 2.16. The van der Waals surface area contributed by atoms with E-state index in [1.807, 2.05) is 0 Å². The zero-order valence-electron chi connectivity index (χ0n) is 8.92. The molecule has 1 unspecified atom stereocenters. The zero-order valence-corrected chi connectivity index (χ0v) is 8.92. The molecule has 0 aliphatic carbocycles. The first kappa shape index (κ1) is 12.9. The van der Waals surface area contributed by atoms with Gasteiger partial charge in [-0.1, -0.05) is 0 Å². The largest absolute Gasteiger partial charge is 0.490 e. The lowest BCUT2D eigenvalue weighted by Gasteiger charge is -2.12. The highest BCUT2D eigenvalue weighted by molar-refractivity contribution is 5.67. The molecule has 0 heterocycles.